The number of ether oxygens (including phenoxy) is 1. The molecule has 162 valence electrons. The van der Waals surface area contributed by atoms with E-state index in [0.717, 1.165) is 24.8 Å². The van der Waals surface area contributed by atoms with Crippen LogP contribution in [0.2, 0.25) is 0 Å². The molecule has 1 aromatic heterocycles. The normalized spacial score (nSPS) is 19.8. The minimum absolute atomic E-state index is 0.0864. The Morgan fingerprint density at radius 1 is 1.03 bits per heavy atom. The number of sulfonamides is 1. The second kappa shape index (κ2) is 8.16. The molecule has 8 nitrogen and oxygen atoms in total. The van der Waals surface area contributed by atoms with Crippen molar-refractivity contribution in [3.8, 4) is 22.8 Å². The molecule has 2 aliphatic rings. The standard InChI is InChI=1S/C22H24N4O4S/c23-20-3-1-2-16-14-17(6-9-19(16)20)22-24-21(25-30-22)15-4-7-18(8-5-15)31(27,28)26-10-12-29-13-11-26/h4-9,14,20H,1-3,10-13,23H2. The summed E-state index contributed by atoms with van der Waals surface area (Å²) >= 11 is 0. The molecule has 1 unspecified atom stereocenters. The van der Waals surface area contributed by atoms with Crippen LogP contribution in [0.4, 0.5) is 0 Å². The Balaban J connectivity index is 1.38. The van der Waals surface area contributed by atoms with Gasteiger partial charge in [0.2, 0.25) is 15.8 Å². The van der Waals surface area contributed by atoms with Crippen molar-refractivity contribution in [2.45, 2.75) is 30.2 Å². The molecule has 9 heteroatoms. The van der Waals surface area contributed by atoms with Gasteiger partial charge in [0.25, 0.3) is 5.89 Å². The topological polar surface area (TPSA) is 112 Å². The average Bonchev–Trinajstić information content (AvgIpc) is 3.30. The van der Waals surface area contributed by atoms with Crippen molar-refractivity contribution < 1.29 is 17.7 Å². The Morgan fingerprint density at radius 3 is 2.55 bits per heavy atom. The molecular weight excluding hydrogens is 416 g/mol. The number of aromatic nitrogens is 2. The fraction of sp³-hybridized carbons (Fsp3) is 0.364. The summed E-state index contributed by atoms with van der Waals surface area (Å²) < 4.78 is 37.7. The highest BCUT2D eigenvalue weighted by molar-refractivity contribution is 7.89. The maximum absolute atomic E-state index is 12.8. The van der Waals surface area contributed by atoms with Crippen LogP contribution in [0, 0.1) is 0 Å². The maximum Gasteiger partial charge on any atom is 0.258 e. The third-order valence-corrected chi connectivity index (χ3v) is 7.81. The third-order valence-electron chi connectivity index (χ3n) is 5.90. The number of hydrogen-bond acceptors (Lipinski definition) is 7. The molecule has 5 rings (SSSR count). The number of nitrogens with zero attached hydrogens (tertiary/aromatic N) is 3. The third kappa shape index (κ3) is 3.89. The Kier molecular flexibility index (Phi) is 5.35. The van der Waals surface area contributed by atoms with Crippen LogP contribution in [0.1, 0.15) is 30.0 Å². The molecular formula is C22H24N4O4S. The van der Waals surface area contributed by atoms with Gasteiger partial charge in [0.05, 0.1) is 18.1 Å². The number of hydrogen-bond donors (Lipinski definition) is 1. The fourth-order valence-corrected chi connectivity index (χ4v) is 5.56. The summed E-state index contributed by atoms with van der Waals surface area (Å²) in [6.45, 7) is 1.56. The van der Waals surface area contributed by atoms with Gasteiger partial charge in [0.15, 0.2) is 0 Å². The van der Waals surface area contributed by atoms with Gasteiger partial charge in [-0.1, -0.05) is 11.2 Å². The molecule has 0 bridgehead atoms. The molecule has 1 saturated heterocycles. The SMILES string of the molecule is NC1CCCc2cc(-c3nc(-c4ccc(S(=O)(=O)N5CCOCC5)cc4)no3)ccc21. The van der Waals surface area contributed by atoms with E-state index < -0.39 is 10.0 Å². The molecule has 0 amide bonds. The molecule has 0 saturated carbocycles. The van der Waals surface area contributed by atoms with Gasteiger partial charge in [0, 0.05) is 30.3 Å². The van der Waals surface area contributed by atoms with Gasteiger partial charge in [-0.2, -0.15) is 9.29 Å². The van der Waals surface area contributed by atoms with E-state index in [2.05, 4.69) is 16.2 Å². The van der Waals surface area contributed by atoms with E-state index in [9.17, 15) is 8.42 Å². The minimum Gasteiger partial charge on any atom is -0.379 e. The predicted molar refractivity (Wildman–Crippen MR) is 115 cm³/mol. The van der Waals surface area contributed by atoms with Crippen molar-refractivity contribution in [1.29, 1.82) is 0 Å². The van der Waals surface area contributed by atoms with Gasteiger partial charge in [-0.25, -0.2) is 8.42 Å². The van der Waals surface area contributed by atoms with Crippen LogP contribution in [-0.2, 0) is 21.2 Å². The first kappa shape index (κ1) is 20.3. The predicted octanol–water partition coefficient (Wildman–Crippen LogP) is 2.76. The summed E-state index contributed by atoms with van der Waals surface area (Å²) in [6, 6.07) is 12.7. The van der Waals surface area contributed by atoms with Crippen LogP contribution >= 0.6 is 0 Å². The van der Waals surface area contributed by atoms with E-state index in [0.29, 0.717) is 43.6 Å². The van der Waals surface area contributed by atoms with Gasteiger partial charge < -0.3 is 15.0 Å². The van der Waals surface area contributed by atoms with E-state index in [1.165, 1.54) is 15.4 Å². The zero-order valence-electron chi connectivity index (χ0n) is 17.0. The second-order valence-electron chi connectivity index (χ2n) is 7.88. The lowest BCUT2D eigenvalue weighted by atomic mass is 9.87. The van der Waals surface area contributed by atoms with Crippen molar-refractivity contribution in [3.05, 3.63) is 53.6 Å². The smallest absolute Gasteiger partial charge is 0.258 e. The summed E-state index contributed by atoms with van der Waals surface area (Å²) in [5.74, 6) is 0.849. The monoisotopic (exact) mass is 440 g/mol. The highest BCUT2D eigenvalue weighted by atomic mass is 32.2. The van der Waals surface area contributed by atoms with E-state index in [1.54, 1.807) is 24.3 Å². The molecule has 2 aromatic carbocycles. The first-order valence-electron chi connectivity index (χ1n) is 10.4. The van der Waals surface area contributed by atoms with Crippen LogP contribution < -0.4 is 5.73 Å². The lowest BCUT2D eigenvalue weighted by Crippen LogP contribution is -2.40. The zero-order valence-corrected chi connectivity index (χ0v) is 17.8. The molecule has 1 atom stereocenters. The van der Waals surface area contributed by atoms with Crippen molar-refractivity contribution in [2.75, 3.05) is 26.3 Å². The van der Waals surface area contributed by atoms with Gasteiger partial charge in [-0.05, 0) is 66.8 Å². The average molecular weight is 441 g/mol. The Labute approximate surface area is 181 Å². The number of rotatable bonds is 4. The van der Waals surface area contributed by atoms with E-state index in [1.807, 2.05) is 12.1 Å². The van der Waals surface area contributed by atoms with Crippen molar-refractivity contribution in [2.24, 2.45) is 5.73 Å². The number of nitrogens with two attached hydrogens (primary N) is 1. The first-order valence-corrected chi connectivity index (χ1v) is 11.9. The highest BCUT2D eigenvalue weighted by Crippen LogP contribution is 2.32. The summed E-state index contributed by atoms with van der Waals surface area (Å²) in [6.07, 6.45) is 3.08. The molecule has 2 heterocycles. The largest absolute Gasteiger partial charge is 0.379 e. The number of fused-ring (bicyclic) bond motifs is 1. The van der Waals surface area contributed by atoms with Crippen molar-refractivity contribution >= 4 is 10.0 Å². The molecule has 0 spiro atoms. The molecule has 1 fully saturated rings. The zero-order chi connectivity index (χ0) is 21.4. The summed E-state index contributed by atoms with van der Waals surface area (Å²) in [5.41, 5.74) is 10.2. The highest BCUT2D eigenvalue weighted by Gasteiger charge is 2.26. The molecule has 2 N–H and O–H groups in total. The van der Waals surface area contributed by atoms with E-state index >= 15 is 0 Å². The first-order chi connectivity index (χ1) is 15.0. The lowest BCUT2D eigenvalue weighted by molar-refractivity contribution is 0.0730. The molecule has 31 heavy (non-hydrogen) atoms. The molecule has 3 aromatic rings. The van der Waals surface area contributed by atoms with Gasteiger partial charge in [0.1, 0.15) is 0 Å². The van der Waals surface area contributed by atoms with Gasteiger partial charge in [-0.3, -0.25) is 0 Å². The van der Waals surface area contributed by atoms with Gasteiger partial charge in [-0.15, -0.1) is 0 Å². The van der Waals surface area contributed by atoms with E-state index in [-0.39, 0.29) is 10.9 Å². The maximum atomic E-state index is 12.8. The van der Waals surface area contributed by atoms with Crippen LogP contribution in [0.3, 0.4) is 0 Å². The van der Waals surface area contributed by atoms with Gasteiger partial charge >= 0.3 is 0 Å². The van der Waals surface area contributed by atoms with Crippen molar-refractivity contribution in [3.63, 3.8) is 0 Å². The Bertz CT molecular complexity index is 1180. The van der Waals surface area contributed by atoms with Crippen LogP contribution in [-0.4, -0.2) is 49.2 Å². The summed E-state index contributed by atoms with van der Waals surface area (Å²) in [7, 11) is -3.53. The number of benzene rings is 2. The number of aryl methyl sites for hydroxylation is 1. The summed E-state index contributed by atoms with van der Waals surface area (Å²) in [4.78, 5) is 4.76. The Hall–Kier alpha value is -2.59. The minimum atomic E-state index is -3.53. The number of morpholine rings is 1. The lowest BCUT2D eigenvalue weighted by Gasteiger charge is -2.26. The van der Waals surface area contributed by atoms with E-state index in [4.69, 9.17) is 15.0 Å². The summed E-state index contributed by atoms with van der Waals surface area (Å²) in [5, 5.41) is 4.08. The fourth-order valence-electron chi connectivity index (χ4n) is 4.15. The van der Waals surface area contributed by atoms with Crippen LogP contribution in [0.25, 0.3) is 22.8 Å². The van der Waals surface area contributed by atoms with Crippen molar-refractivity contribution in [1.82, 2.24) is 14.4 Å². The van der Waals surface area contributed by atoms with Crippen LogP contribution in [0.5, 0.6) is 0 Å². The Morgan fingerprint density at radius 2 is 1.77 bits per heavy atom. The van der Waals surface area contributed by atoms with Crippen LogP contribution in [0.15, 0.2) is 51.9 Å². The molecule has 1 aliphatic carbocycles. The second-order valence-corrected chi connectivity index (χ2v) is 9.81. The molecule has 1 aliphatic heterocycles. The quantitative estimate of drug-likeness (QED) is 0.664. The molecule has 0 radical (unpaired) electrons.